The molecule has 9 heteroatoms. The Morgan fingerprint density at radius 2 is 1.79 bits per heavy atom. The van der Waals surface area contributed by atoms with Gasteiger partial charge >= 0.3 is 5.63 Å². The number of hydrogen-bond donors (Lipinski definition) is 2. The van der Waals surface area contributed by atoms with E-state index >= 15 is 0 Å². The molecule has 1 aromatic heterocycles. The van der Waals surface area contributed by atoms with Crippen molar-refractivity contribution in [1.29, 1.82) is 0 Å². The maximum Gasteiger partial charge on any atom is 0.340 e. The lowest BCUT2D eigenvalue weighted by molar-refractivity contribution is -0.120. The monoisotopic (exact) mass is 484 g/mol. The summed E-state index contributed by atoms with van der Waals surface area (Å²) in [5.41, 5.74) is 3.30. The van der Waals surface area contributed by atoms with Gasteiger partial charge < -0.3 is 14.5 Å². The summed E-state index contributed by atoms with van der Waals surface area (Å²) in [6.45, 7) is 9.99. The molecule has 0 saturated heterocycles. The van der Waals surface area contributed by atoms with Crippen molar-refractivity contribution in [3.05, 3.63) is 81.2 Å². The molecule has 0 aliphatic rings. The predicted molar refractivity (Wildman–Crippen MR) is 130 cm³/mol. The van der Waals surface area contributed by atoms with Gasteiger partial charge in [-0.2, -0.15) is 0 Å². The molecule has 3 aromatic rings. The van der Waals surface area contributed by atoms with Crippen LogP contribution in [0.5, 0.6) is 5.75 Å². The van der Waals surface area contributed by atoms with Crippen molar-refractivity contribution >= 4 is 26.9 Å². The molecular weight excluding hydrogens is 456 g/mol. The molecule has 34 heavy (non-hydrogen) atoms. The van der Waals surface area contributed by atoms with Gasteiger partial charge in [-0.1, -0.05) is 18.7 Å². The third-order valence-electron chi connectivity index (χ3n) is 5.45. The average molecular weight is 485 g/mol. The van der Waals surface area contributed by atoms with Gasteiger partial charge in [-0.3, -0.25) is 4.79 Å². The second-order valence-electron chi connectivity index (χ2n) is 8.27. The summed E-state index contributed by atoms with van der Waals surface area (Å²) in [6, 6.07) is 9.77. The Morgan fingerprint density at radius 3 is 2.41 bits per heavy atom. The third-order valence-corrected chi connectivity index (χ3v) is 6.38. The molecule has 0 bridgehead atoms. The second kappa shape index (κ2) is 10.2. The van der Waals surface area contributed by atoms with Crippen molar-refractivity contribution in [1.82, 2.24) is 5.32 Å². The number of nitrogens with two attached hydrogens (primary N) is 1. The minimum absolute atomic E-state index is 0.0310. The molecule has 0 fully saturated rings. The molecule has 8 nitrogen and oxygen atoms in total. The molecular formula is C25H28N2O6S. The molecule has 3 N–H and O–H groups in total. The van der Waals surface area contributed by atoms with Crippen LogP contribution in [0.3, 0.4) is 0 Å². The van der Waals surface area contributed by atoms with E-state index in [0.717, 1.165) is 16.5 Å². The van der Waals surface area contributed by atoms with Gasteiger partial charge in [0.1, 0.15) is 17.9 Å². The maximum atomic E-state index is 12.7. The second-order valence-corrected chi connectivity index (χ2v) is 9.83. The predicted octanol–water partition coefficient (Wildman–Crippen LogP) is 2.91. The van der Waals surface area contributed by atoms with E-state index in [1.54, 1.807) is 19.1 Å². The summed E-state index contributed by atoms with van der Waals surface area (Å²) in [5, 5.41) is 8.62. The van der Waals surface area contributed by atoms with Crippen LogP contribution in [0.15, 0.2) is 62.7 Å². The van der Waals surface area contributed by atoms with Crippen molar-refractivity contribution in [3.8, 4) is 5.75 Å². The Balaban J connectivity index is 1.69. The Morgan fingerprint density at radius 1 is 1.12 bits per heavy atom. The van der Waals surface area contributed by atoms with Crippen LogP contribution < -0.4 is 20.8 Å². The maximum absolute atomic E-state index is 12.7. The normalized spacial score (nSPS) is 11.4. The van der Waals surface area contributed by atoms with E-state index < -0.39 is 15.6 Å². The minimum atomic E-state index is -3.74. The van der Waals surface area contributed by atoms with Crippen LogP contribution in [0.2, 0.25) is 0 Å². The third kappa shape index (κ3) is 5.92. The lowest BCUT2D eigenvalue weighted by atomic mass is 10.0. The molecule has 1 heterocycles. The molecule has 0 aliphatic carbocycles. The highest BCUT2D eigenvalue weighted by molar-refractivity contribution is 7.89. The number of benzene rings is 2. The summed E-state index contributed by atoms with van der Waals surface area (Å²) in [6.07, 6.45) is 0.384. The molecule has 180 valence electrons. The molecule has 2 aromatic carbocycles. The van der Waals surface area contributed by atoms with Crippen molar-refractivity contribution in [3.63, 3.8) is 0 Å². The highest BCUT2D eigenvalue weighted by atomic mass is 32.2. The molecule has 0 spiro atoms. The number of aryl methyl sites for hydroxylation is 2. The highest BCUT2D eigenvalue weighted by Crippen LogP contribution is 2.29. The zero-order chi connectivity index (χ0) is 25.0. The molecule has 1 amide bonds. The number of sulfonamides is 1. The molecule has 0 saturated carbocycles. The van der Waals surface area contributed by atoms with E-state index in [9.17, 15) is 18.0 Å². The first kappa shape index (κ1) is 25.2. The molecule has 0 unspecified atom stereocenters. The molecule has 0 aliphatic heterocycles. The fourth-order valence-corrected chi connectivity index (χ4v) is 4.06. The molecule has 0 radical (unpaired) electrons. The first-order chi connectivity index (χ1) is 16.0. The van der Waals surface area contributed by atoms with E-state index in [-0.39, 0.29) is 17.2 Å². The number of carbonyl (C=O) groups excluding carboxylic acids is 1. The fourth-order valence-electron chi connectivity index (χ4n) is 3.55. The van der Waals surface area contributed by atoms with E-state index in [2.05, 4.69) is 11.9 Å². The summed E-state index contributed by atoms with van der Waals surface area (Å²) in [4.78, 5) is 25.2. The number of fused-ring (bicyclic) bond motifs is 1. The quantitative estimate of drug-likeness (QED) is 0.355. The SMILES string of the molecule is C=C(C)COc1ccc2c(C)c(CC(=O)NCCc3ccc(S(N)(=O)=O)cc3)c(=O)oc2c1C. The van der Waals surface area contributed by atoms with Gasteiger partial charge in [0, 0.05) is 17.5 Å². The van der Waals surface area contributed by atoms with Gasteiger partial charge in [-0.05, 0) is 68.2 Å². The Bertz CT molecular complexity index is 1410. The summed E-state index contributed by atoms with van der Waals surface area (Å²) in [7, 11) is -3.74. The lowest BCUT2D eigenvalue weighted by Gasteiger charge is -2.13. The van der Waals surface area contributed by atoms with Crippen LogP contribution in [-0.2, 0) is 27.7 Å². The summed E-state index contributed by atoms with van der Waals surface area (Å²) in [5.74, 6) is 0.301. The summed E-state index contributed by atoms with van der Waals surface area (Å²) >= 11 is 0. The topological polar surface area (TPSA) is 129 Å². The van der Waals surface area contributed by atoms with Gasteiger partial charge in [0.2, 0.25) is 15.9 Å². The molecule has 0 atom stereocenters. The Kier molecular flexibility index (Phi) is 7.58. The number of carbonyl (C=O) groups is 1. The number of ether oxygens (including phenoxy) is 1. The minimum Gasteiger partial charge on any atom is -0.489 e. The van der Waals surface area contributed by atoms with Gasteiger partial charge in [0.15, 0.2) is 0 Å². The van der Waals surface area contributed by atoms with Crippen LogP contribution in [0, 0.1) is 13.8 Å². The van der Waals surface area contributed by atoms with E-state index in [4.69, 9.17) is 14.3 Å². The lowest BCUT2D eigenvalue weighted by Crippen LogP contribution is -2.29. The van der Waals surface area contributed by atoms with Crippen molar-refractivity contribution < 1.29 is 22.4 Å². The number of nitrogens with one attached hydrogen (secondary N) is 1. The van der Waals surface area contributed by atoms with Crippen molar-refractivity contribution in [2.45, 2.75) is 38.5 Å². The fraction of sp³-hybridized carbons (Fsp3) is 0.280. The first-order valence-corrected chi connectivity index (χ1v) is 12.2. The van der Waals surface area contributed by atoms with Gasteiger partial charge in [-0.15, -0.1) is 0 Å². The van der Waals surface area contributed by atoms with Crippen LogP contribution in [0.25, 0.3) is 11.0 Å². The van der Waals surface area contributed by atoms with Gasteiger partial charge in [0.25, 0.3) is 0 Å². The van der Waals surface area contributed by atoms with Crippen molar-refractivity contribution in [2.24, 2.45) is 5.14 Å². The zero-order valence-corrected chi connectivity index (χ0v) is 20.3. The number of primary sulfonamides is 1. The first-order valence-electron chi connectivity index (χ1n) is 10.7. The van der Waals surface area contributed by atoms with Crippen LogP contribution in [-0.4, -0.2) is 27.5 Å². The Labute approximate surface area is 198 Å². The van der Waals surface area contributed by atoms with E-state index in [0.29, 0.717) is 47.6 Å². The van der Waals surface area contributed by atoms with Crippen LogP contribution in [0.1, 0.15) is 29.2 Å². The highest BCUT2D eigenvalue weighted by Gasteiger charge is 2.17. The Hall–Kier alpha value is -3.43. The average Bonchev–Trinajstić information content (AvgIpc) is 2.76. The molecule has 3 rings (SSSR count). The zero-order valence-electron chi connectivity index (χ0n) is 19.4. The number of hydrogen-bond acceptors (Lipinski definition) is 6. The van der Waals surface area contributed by atoms with Crippen LogP contribution in [0.4, 0.5) is 0 Å². The number of amides is 1. The van der Waals surface area contributed by atoms with Gasteiger partial charge in [0.05, 0.1) is 16.9 Å². The van der Waals surface area contributed by atoms with Crippen molar-refractivity contribution in [2.75, 3.05) is 13.2 Å². The summed E-state index contributed by atoms with van der Waals surface area (Å²) < 4.78 is 33.9. The van der Waals surface area contributed by atoms with Crippen LogP contribution >= 0.6 is 0 Å². The standard InChI is InChI=1S/C25H28N2O6S/c1-15(2)14-32-22-10-9-20-16(3)21(25(29)33-24(20)17(22)4)13-23(28)27-12-11-18-5-7-19(8-6-18)34(26,30)31/h5-10H,1,11-14H2,2-4H3,(H,27,28)(H2,26,30,31). The smallest absolute Gasteiger partial charge is 0.340 e. The van der Waals surface area contributed by atoms with Gasteiger partial charge in [-0.25, -0.2) is 18.4 Å². The van der Waals surface area contributed by atoms with E-state index in [1.165, 1.54) is 12.1 Å². The van der Waals surface area contributed by atoms with E-state index in [1.807, 2.05) is 26.0 Å². The largest absolute Gasteiger partial charge is 0.489 e. The number of rotatable bonds is 9.